The summed E-state index contributed by atoms with van der Waals surface area (Å²) in [4.78, 5) is 16.5. The van der Waals surface area contributed by atoms with E-state index >= 15 is 0 Å². The first-order valence-electron chi connectivity index (χ1n) is 11.6. The topological polar surface area (TPSA) is 92.9 Å². The van der Waals surface area contributed by atoms with E-state index in [1.54, 1.807) is 48.5 Å². The van der Waals surface area contributed by atoms with E-state index in [9.17, 15) is 4.79 Å². The Morgan fingerprint density at radius 1 is 1.05 bits per heavy atom. The number of nitrogens with zero attached hydrogens (tertiary/aromatic N) is 2. The summed E-state index contributed by atoms with van der Waals surface area (Å²) in [6, 6.07) is 13.6. The summed E-state index contributed by atoms with van der Waals surface area (Å²) in [5, 5.41) is 5.26. The molecule has 1 fully saturated rings. The molecule has 0 N–H and O–H groups in total. The van der Waals surface area contributed by atoms with Gasteiger partial charge in [-0.1, -0.05) is 34.4 Å². The molecule has 1 saturated carbocycles. The van der Waals surface area contributed by atoms with Crippen molar-refractivity contribution in [3.63, 3.8) is 0 Å². The normalized spacial score (nSPS) is 14.0. The van der Waals surface area contributed by atoms with Gasteiger partial charge in [0.25, 0.3) is 0 Å². The molecule has 6 rings (SSSR count). The van der Waals surface area contributed by atoms with Crippen LogP contribution in [0.2, 0.25) is 10.0 Å². The number of hydrogen-bond donors (Lipinski definition) is 0. The maximum Gasteiger partial charge on any atom is 0.337 e. The summed E-state index contributed by atoms with van der Waals surface area (Å²) in [7, 11) is 1.32. The van der Waals surface area contributed by atoms with Gasteiger partial charge in [-0.3, -0.25) is 0 Å². The van der Waals surface area contributed by atoms with Gasteiger partial charge in [0.2, 0.25) is 5.88 Å². The van der Waals surface area contributed by atoms with Crippen molar-refractivity contribution in [1.82, 2.24) is 10.1 Å². The standard InChI is InChI=1S/C27H20Cl2N2O6/c1-33-27(32)15-7-8-21-22(11-15)36-20-9-10-23(30-19(20)13-34-21)35-12-16-25(31-37-26(16)14-5-6-14)24-17(28)3-2-4-18(24)29/h2-4,7-11,14H,5-6,12-13H2,1H3. The Bertz CT molecular complexity index is 1490. The van der Waals surface area contributed by atoms with Crippen molar-refractivity contribution in [2.45, 2.75) is 32.0 Å². The van der Waals surface area contributed by atoms with Gasteiger partial charge in [-0.05, 0) is 49.2 Å². The third kappa shape index (κ3) is 4.58. The summed E-state index contributed by atoms with van der Waals surface area (Å²) < 4.78 is 28.4. The van der Waals surface area contributed by atoms with Crippen LogP contribution in [-0.4, -0.2) is 23.2 Å². The van der Waals surface area contributed by atoms with Crippen LogP contribution in [0.5, 0.6) is 23.1 Å². The van der Waals surface area contributed by atoms with Crippen LogP contribution >= 0.6 is 23.2 Å². The van der Waals surface area contributed by atoms with Crippen molar-refractivity contribution in [2.24, 2.45) is 0 Å². The zero-order valence-electron chi connectivity index (χ0n) is 19.6. The molecule has 3 heterocycles. The first-order chi connectivity index (χ1) is 18.0. The summed E-state index contributed by atoms with van der Waals surface area (Å²) in [5.41, 5.74) is 2.88. The summed E-state index contributed by atoms with van der Waals surface area (Å²) in [6.07, 6.45) is 2.06. The molecule has 0 amide bonds. The lowest BCUT2D eigenvalue weighted by Gasteiger charge is -2.11. The van der Waals surface area contributed by atoms with E-state index in [2.05, 4.69) is 10.1 Å². The Morgan fingerprint density at radius 3 is 2.59 bits per heavy atom. The highest BCUT2D eigenvalue weighted by Crippen LogP contribution is 2.46. The Labute approximate surface area is 222 Å². The molecule has 0 saturated heterocycles. The van der Waals surface area contributed by atoms with Crippen LogP contribution in [0.3, 0.4) is 0 Å². The Kier molecular flexibility index (Phi) is 6.14. The number of fused-ring (bicyclic) bond motifs is 2. The highest BCUT2D eigenvalue weighted by molar-refractivity contribution is 6.39. The molecule has 0 bridgehead atoms. The zero-order valence-corrected chi connectivity index (χ0v) is 21.1. The lowest BCUT2D eigenvalue weighted by molar-refractivity contribution is 0.0600. The van der Waals surface area contributed by atoms with Crippen molar-refractivity contribution in [3.05, 3.63) is 81.2 Å². The van der Waals surface area contributed by atoms with Crippen LogP contribution in [0.25, 0.3) is 11.3 Å². The molecule has 0 radical (unpaired) electrons. The Balaban J connectivity index is 1.26. The molecule has 1 aliphatic heterocycles. The molecule has 2 aromatic carbocycles. The molecule has 0 atom stereocenters. The monoisotopic (exact) mass is 538 g/mol. The average molecular weight is 539 g/mol. The fourth-order valence-electron chi connectivity index (χ4n) is 4.16. The van der Waals surface area contributed by atoms with E-state index in [1.807, 2.05) is 0 Å². The van der Waals surface area contributed by atoms with Crippen LogP contribution in [0, 0.1) is 0 Å². The molecule has 8 nitrogen and oxygen atoms in total. The van der Waals surface area contributed by atoms with Crippen LogP contribution in [0.1, 0.15) is 46.1 Å². The fraction of sp³-hybridized carbons (Fsp3) is 0.222. The Hall–Kier alpha value is -3.75. The molecule has 10 heteroatoms. The van der Waals surface area contributed by atoms with E-state index in [0.29, 0.717) is 61.6 Å². The fourth-order valence-corrected chi connectivity index (χ4v) is 4.73. The molecule has 0 spiro atoms. The number of methoxy groups -OCH3 is 1. The maximum atomic E-state index is 11.9. The predicted molar refractivity (Wildman–Crippen MR) is 135 cm³/mol. The third-order valence-corrected chi connectivity index (χ3v) is 6.82. The van der Waals surface area contributed by atoms with Crippen molar-refractivity contribution >= 4 is 29.2 Å². The molecule has 0 unspecified atom stereocenters. The second-order valence-electron chi connectivity index (χ2n) is 8.67. The van der Waals surface area contributed by atoms with Gasteiger partial charge in [-0.15, -0.1) is 0 Å². The van der Waals surface area contributed by atoms with Crippen LogP contribution in [-0.2, 0) is 18.0 Å². The number of esters is 1. The van der Waals surface area contributed by atoms with Gasteiger partial charge in [0.1, 0.15) is 30.4 Å². The van der Waals surface area contributed by atoms with E-state index in [1.165, 1.54) is 7.11 Å². The first-order valence-corrected chi connectivity index (χ1v) is 12.4. The number of carbonyl (C=O) groups excluding carboxylic acids is 1. The molecule has 188 valence electrons. The van der Waals surface area contributed by atoms with Crippen molar-refractivity contribution in [2.75, 3.05) is 7.11 Å². The van der Waals surface area contributed by atoms with E-state index < -0.39 is 5.97 Å². The molecule has 2 aromatic heterocycles. The smallest absolute Gasteiger partial charge is 0.337 e. The zero-order chi connectivity index (χ0) is 25.5. The van der Waals surface area contributed by atoms with Gasteiger partial charge in [0.15, 0.2) is 17.2 Å². The molecule has 2 aliphatic rings. The number of pyridine rings is 1. The maximum absolute atomic E-state index is 11.9. The largest absolute Gasteiger partial charge is 0.483 e. The summed E-state index contributed by atoms with van der Waals surface area (Å²) >= 11 is 12.9. The number of rotatable bonds is 6. The van der Waals surface area contributed by atoms with Gasteiger partial charge in [0, 0.05) is 17.5 Å². The second kappa shape index (κ2) is 9.61. The van der Waals surface area contributed by atoms with Gasteiger partial charge in [0.05, 0.1) is 28.3 Å². The van der Waals surface area contributed by atoms with Gasteiger partial charge in [-0.25, -0.2) is 9.78 Å². The first kappa shape index (κ1) is 23.6. The van der Waals surface area contributed by atoms with E-state index in [4.69, 9.17) is 46.7 Å². The van der Waals surface area contributed by atoms with Gasteiger partial charge >= 0.3 is 5.97 Å². The number of aromatic nitrogens is 2. The van der Waals surface area contributed by atoms with E-state index in [0.717, 1.165) is 24.2 Å². The number of benzene rings is 2. The molecule has 4 aromatic rings. The van der Waals surface area contributed by atoms with Crippen molar-refractivity contribution in [3.8, 4) is 34.4 Å². The molecule has 1 aliphatic carbocycles. The highest BCUT2D eigenvalue weighted by Gasteiger charge is 2.34. The minimum absolute atomic E-state index is 0.165. The second-order valence-corrected chi connectivity index (χ2v) is 9.49. The highest BCUT2D eigenvalue weighted by atomic mass is 35.5. The number of hydrogen-bond acceptors (Lipinski definition) is 8. The lowest BCUT2D eigenvalue weighted by atomic mass is 10.0. The minimum Gasteiger partial charge on any atom is -0.483 e. The molecular formula is C27H20Cl2N2O6. The van der Waals surface area contributed by atoms with Gasteiger partial charge < -0.3 is 23.5 Å². The number of carbonyl (C=O) groups is 1. The number of ether oxygens (including phenoxy) is 4. The third-order valence-electron chi connectivity index (χ3n) is 6.19. The number of halogens is 2. The quantitative estimate of drug-likeness (QED) is 0.243. The molecule has 37 heavy (non-hydrogen) atoms. The summed E-state index contributed by atoms with van der Waals surface area (Å²) in [5.74, 6) is 2.39. The van der Waals surface area contributed by atoms with Crippen LogP contribution in [0.4, 0.5) is 0 Å². The molecular weight excluding hydrogens is 519 g/mol. The van der Waals surface area contributed by atoms with Gasteiger partial charge in [-0.2, -0.15) is 0 Å². The summed E-state index contributed by atoms with van der Waals surface area (Å²) in [6.45, 7) is 0.334. The SMILES string of the molecule is COC(=O)c1ccc2c(c1)Oc1ccc(OCc3c(-c4c(Cl)cccc4Cl)noc3C3CC3)nc1CO2. The van der Waals surface area contributed by atoms with Crippen molar-refractivity contribution < 1.29 is 28.3 Å². The predicted octanol–water partition coefficient (Wildman–Crippen LogP) is 6.97. The van der Waals surface area contributed by atoms with Crippen LogP contribution in [0.15, 0.2) is 53.1 Å². The lowest BCUT2D eigenvalue weighted by Crippen LogP contribution is -2.03. The average Bonchev–Trinajstić information content (AvgIpc) is 3.69. The van der Waals surface area contributed by atoms with Crippen LogP contribution < -0.4 is 14.2 Å². The minimum atomic E-state index is -0.463. The van der Waals surface area contributed by atoms with E-state index in [-0.39, 0.29) is 13.2 Å². The van der Waals surface area contributed by atoms with Crippen molar-refractivity contribution in [1.29, 1.82) is 0 Å². The Morgan fingerprint density at radius 2 is 1.84 bits per heavy atom.